The molecule has 5 rings (SSSR count). The van der Waals surface area contributed by atoms with Crippen molar-refractivity contribution >= 4 is 17.6 Å². The van der Waals surface area contributed by atoms with Gasteiger partial charge in [0.2, 0.25) is 5.95 Å². The predicted octanol–water partition coefficient (Wildman–Crippen LogP) is 2.85. The summed E-state index contributed by atoms with van der Waals surface area (Å²) in [5, 5.41) is 0. The van der Waals surface area contributed by atoms with Gasteiger partial charge >= 0.3 is 0 Å². The molecule has 3 aromatic rings. The normalized spacial score (nSPS) is 19.1. The summed E-state index contributed by atoms with van der Waals surface area (Å²) in [6, 6.07) is 7.14. The highest BCUT2D eigenvalue weighted by Gasteiger charge is 2.32. The fourth-order valence-electron chi connectivity index (χ4n) is 4.29. The summed E-state index contributed by atoms with van der Waals surface area (Å²) in [5.74, 6) is 1.75. The van der Waals surface area contributed by atoms with Gasteiger partial charge in [0.1, 0.15) is 5.76 Å². The van der Waals surface area contributed by atoms with Crippen LogP contribution < -0.4 is 4.90 Å². The number of Topliss-reactive ketones (excluding diaryl/α,β-unsaturated/α-hetero) is 1. The molecule has 4 heterocycles. The third-order valence-corrected chi connectivity index (χ3v) is 5.83. The molecule has 0 spiro atoms. The maximum atomic E-state index is 12.7. The standard InChI is InChI=1S/C22H22N4O4/c1-14-20-16(12-15(13-17(20)27)18-4-2-10-29-18)24-22(23-14)26-8-6-25(7-9-26)21(28)19-5-3-11-30-19/h2-5,10-11,15H,6-9,12-13H2,1H3. The molecule has 8 heteroatoms. The van der Waals surface area contributed by atoms with Crippen LogP contribution in [0.2, 0.25) is 0 Å². The minimum Gasteiger partial charge on any atom is -0.469 e. The Kier molecular flexibility index (Phi) is 4.61. The van der Waals surface area contributed by atoms with Crippen molar-refractivity contribution in [2.45, 2.75) is 25.7 Å². The molecule has 1 aliphatic heterocycles. The highest BCUT2D eigenvalue weighted by atomic mass is 16.3. The number of rotatable bonds is 3. The van der Waals surface area contributed by atoms with Crippen LogP contribution in [0.1, 0.15) is 50.4 Å². The van der Waals surface area contributed by atoms with Crippen LogP contribution in [0.25, 0.3) is 0 Å². The number of piperazine rings is 1. The Hall–Kier alpha value is -3.42. The largest absolute Gasteiger partial charge is 0.469 e. The highest BCUT2D eigenvalue weighted by molar-refractivity contribution is 5.99. The minimum absolute atomic E-state index is 0.00455. The summed E-state index contributed by atoms with van der Waals surface area (Å²) in [6.07, 6.45) is 4.21. The predicted molar refractivity (Wildman–Crippen MR) is 108 cm³/mol. The van der Waals surface area contributed by atoms with Crippen LogP contribution in [0.4, 0.5) is 5.95 Å². The number of fused-ring (bicyclic) bond motifs is 1. The van der Waals surface area contributed by atoms with Crippen molar-refractivity contribution in [2.24, 2.45) is 0 Å². The monoisotopic (exact) mass is 406 g/mol. The Morgan fingerprint density at radius 2 is 1.80 bits per heavy atom. The molecule has 0 bridgehead atoms. The van der Waals surface area contributed by atoms with Gasteiger partial charge in [0.25, 0.3) is 5.91 Å². The number of ketones is 1. The molecule has 1 atom stereocenters. The smallest absolute Gasteiger partial charge is 0.289 e. The van der Waals surface area contributed by atoms with E-state index in [2.05, 4.69) is 9.88 Å². The number of carbonyl (C=O) groups excluding carboxylic acids is 2. The van der Waals surface area contributed by atoms with Gasteiger partial charge in [-0.3, -0.25) is 9.59 Å². The number of amides is 1. The molecule has 1 saturated heterocycles. The minimum atomic E-state index is -0.103. The van der Waals surface area contributed by atoms with Gasteiger partial charge in [-0.25, -0.2) is 9.97 Å². The van der Waals surface area contributed by atoms with Crippen LogP contribution in [0.5, 0.6) is 0 Å². The van der Waals surface area contributed by atoms with E-state index in [4.69, 9.17) is 13.8 Å². The first kappa shape index (κ1) is 18.6. The summed E-state index contributed by atoms with van der Waals surface area (Å²) in [7, 11) is 0. The summed E-state index contributed by atoms with van der Waals surface area (Å²) in [4.78, 5) is 38.4. The second-order valence-electron chi connectivity index (χ2n) is 7.73. The molecule has 154 valence electrons. The van der Waals surface area contributed by atoms with Crippen molar-refractivity contribution < 1.29 is 18.4 Å². The molecule has 0 saturated carbocycles. The van der Waals surface area contributed by atoms with Crippen molar-refractivity contribution in [3.63, 3.8) is 0 Å². The topological polar surface area (TPSA) is 92.7 Å². The molecule has 0 N–H and O–H groups in total. The molecule has 8 nitrogen and oxygen atoms in total. The van der Waals surface area contributed by atoms with Gasteiger partial charge in [-0.15, -0.1) is 0 Å². The Balaban J connectivity index is 1.34. The fraction of sp³-hybridized carbons (Fsp3) is 0.364. The van der Waals surface area contributed by atoms with Crippen molar-refractivity contribution in [3.05, 3.63) is 65.3 Å². The molecule has 1 fully saturated rings. The third-order valence-electron chi connectivity index (χ3n) is 5.83. The zero-order chi connectivity index (χ0) is 20.7. The van der Waals surface area contributed by atoms with Crippen molar-refractivity contribution in [1.82, 2.24) is 14.9 Å². The van der Waals surface area contributed by atoms with E-state index in [0.29, 0.717) is 62.0 Å². The first-order valence-electron chi connectivity index (χ1n) is 10.1. The SMILES string of the molecule is Cc1nc(N2CCN(C(=O)c3ccco3)CC2)nc2c1C(=O)CC(c1ccco1)C2. The lowest BCUT2D eigenvalue weighted by atomic mass is 9.84. The Bertz CT molecular complexity index is 1070. The van der Waals surface area contributed by atoms with Gasteiger partial charge in [0, 0.05) is 44.9 Å². The van der Waals surface area contributed by atoms with Crippen molar-refractivity contribution in [3.8, 4) is 0 Å². The summed E-state index contributed by atoms with van der Waals surface area (Å²) >= 11 is 0. The van der Waals surface area contributed by atoms with E-state index in [-0.39, 0.29) is 17.6 Å². The molecular formula is C22H22N4O4. The first-order chi connectivity index (χ1) is 14.6. The van der Waals surface area contributed by atoms with Gasteiger partial charge in [0.15, 0.2) is 11.5 Å². The second-order valence-corrected chi connectivity index (χ2v) is 7.73. The molecule has 1 aliphatic carbocycles. The van der Waals surface area contributed by atoms with E-state index in [1.54, 1.807) is 23.3 Å². The molecular weight excluding hydrogens is 384 g/mol. The number of aryl methyl sites for hydroxylation is 1. The average molecular weight is 406 g/mol. The Morgan fingerprint density at radius 3 is 2.50 bits per heavy atom. The molecule has 30 heavy (non-hydrogen) atoms. The fourth-order valence-corrected chi connectivity index (χ4v) is 4.29. The number of furan rings is 2. The number of anilines is 1. The van der Waals surface area contributed by atoms with E-state index in [9.17, 15) is 9.59 Å². The number of aromatic nitrogens is 2. The molecule has 1 amide bonds. The molecule has 0 aromatic carbocycles. The van der Waals surface area contributed by atoms with Gasteiger partial charge in [-0.05, 0) is 31.2 Å². The number of carbonyl (C=O) groups is 2. The number of hydrogen-bond acceptors (Lipinski definition) is 7. The maximum Gasteiger partial charge on any atom is 0.289 e. The van der Waals surface area contributed by atoms with Crippen molar-refractivity contribution in [2.75, 3.05) is 31.1 Å². The van der Waals surface area contributed by atoms with Crippen LogP contribution in [0, 0.1) is 6.92 Å². The lowest BCUT2D eigenvalue weighted by Gasteiger charge is -2.35. The van der Waals surface area contributed by atoms with Crippen LogP contribution in [-0.4, -0.2) is 52.7 Å². The van der Waals surface area contributed by atoms with E-state index >= 15 is 0 Å². The second kappa shape index (κ2) is 7.44. The number of nitrogens with zero attached hydrogens (tertiary/aromatic N) is 4. The molecule has 1 unspecified atom stereocenters. The molecule has 2 aliphatic rings. The lowest BCUT2D eigenvalue weighted by molar-refractivity contribution is 0.0713. The highest BCUT2D eigenvalue weighted by Crippen LogP contribution is 2.34. The Labute approximate surface area is 173 Å². The van der Waals surface area contributed by atoms with E-state index < -0.39 is 0 Å². The zero-order valence-corrected chi connectivity index (χ0v) is 16.7. The van der Waals surface area contributed by atoms with Gasteiger partial charge in [-0.1, -0.05) is 0 Å². The van der Waals surface area contributed by atoms with E-state index in [1.807, 2.05) is 19.1 Å². The molecule has 0 radical (unpaired) electrons. The van der Waals surface area contributed by atoms with Crippen LogP contribution in [0.15, 0.2) is 45.6 Å². The quantitative estimate of drug-likeness (QED) is 0.660. The lowest BCUT2D eigenvalue weighted by Crippen LogP contribution is -2.49. The summed E-state index contributed by atoms with van der Waals surface area (Å²) in [6.45, 7) is 4.24. The van der Waals surface area contributed by atoms with Crippen molar-refractivity contribution in [1.29, 1.82) is 0 Å². The van der Waals surface area contributed by atoms with Crippen LogP contribution >= 0.6 is 0 Å². The van der Waals surface area contributed by atoms with E-state index in [0.717, 1.165) is 11.5 Å². The average Bonchev–Trinajstić information content (AvgIpc) is 3.47. The van der Waals surface area contributed by atoms with Gasteiger partial charge in [-0.2, -0.15) is 0 Å². The molecule has 3 aromatic heterocycles. The first-order valence-corrected chi connectivity index (χ1v) is 10.1. The van der Waals surface area contributed by atoms with Gasteiger partial charge < -0.3 is 18.6 Å². The number of hydrogen-bond donors (Lipinski definition) is 0. The summed E-state index contributed by atoms with van der Waals surface area (Å²) < 4.78 is 10.7. The third kappa shape index (κ3) is 3.28. The van der Waals surface area contributed by atoms with Gasteiger partial charge in [0.05, 0.1) is 29.5 Å². The maximum absolute atomic E-state index is 12.7. The Morgan fingerprint density at radius 1 is 1.03 bits per heavy atom. The van der Waals surface area contributed by atoms with Crippen LogP contribution in [0.3, 0.4) is 0 Å². The van der Waals surface area contributed by atoms with Crippen LogP contribution in [-0.2, 0) is 6.42 Å². The zero-order valence-electron chi connectivity index (χ0n) is 16.7. The van der Waals surface area contributed by atoms with E-state index in [1.165, 1.54) is 6.26 Å². The summed E-state index contributed by atoms with van der Waals surface area (Å²) in [5.41, 5.74) is 2.14.